The average Bonchev–Trinajstić information content (AvgIpc) is 2.53. The molecule has 0 aromatic heterocycles. The molecule has 0 bridgehead atoms. The number of benzene rings is 1. The first-order valence-corrected chi connectivity index (χ1v) is 6.83. The van der Waals surface area contributed by atoms with Gasteiger partial charge in [0, 0.05) is 12.2 Å². The SMILES string of the molecule is C=C/C(=C\C=C(/C)CNc1cccc(C(=O)O)c1C(=O)O)CO. The van der Waals surface area contributed by atoms with Gasteiger partial charge in [-0.05, 0) is 24.6 Å². The van der Waals surface area contributed by atoms with Crippen LogP contribution in [0, 0.1) is 0 Å². The highest BCUT2D eigenvalue weighted by atomic mass is 16.4. The molecule has 1 rings (SSSR count). The van der Waals surface area contributed by atoms with Gasteiger partial charge in [0.05, 0.1) is 17.7 Å². The Balaban J connectivity index is 2.98. The Labute approximate surface area is 134 Å². The number of rotatable bonds is 8. The molecule has 1 aromatic rings. The second-order valence-corrected chi connectivity index (χ2v) is 4.81. The zero-order valence-corrected chi connectivity index (χ0v) is 12.7. The molecule has 23 heavy (non-hydrogen) atoms. The number of hydrogen-bond donors (Lipinski definition) is 4. The molecule has 0 saturated heterocycles. The summed E-state index contributed by atoms with van der Waals surface area (Å²) in [6, 6.07) is 4.25. The lowest BCUT2D eigenvalue weighted by Gasteiger charge is -2.11. The van der Waals surface area contributed by atoms with Crippen LogP contribution in [0.25, 0.3) is 0 Å². The Morgan fingerprint density at radius 1 is 1.22 bits per heavy atom. The third kappa shape index (κ3) is 5.12. The maximum Gasteiger partial charge on any atom is 0.338 e. The van der Waals surface area contributed by atoms with Gasteiger partial charge in [0.1, 0.15) is 0 Å². The molecule has 122 valence electrons. The van der Waals surface area contributed by atoms with E-state index in [1.807, 2.05) is 6.92 Å². The van der Waals surface area contributed by atoms with Crippen molar-refractivity contribution in [1.82, 2.24) is 0 Å². The normalized spacial score (nSPS) is 11.9. The van der Waals surface area contributed by atoms with E-state index in [0.29, 0.717) is 12.1 Å². The van der Waals surface area contributed by atoms with Crippen molar-refractivity contribution in [2.45, 2.75) is 6.92 Å². The average molecular weight is 317 g/mol. The zero-order valence-electron chi connectivity index (χ0n) is 12.7. The van der Waals surface area contributed by atoms with Crippen molar-refractivity contribution < 1.29 is 24.9 Å². The molecular formula is C17H19NO5. The molecule has 0 fully saturated rings. The van der Waals surface area contributed by atoms with Gasteiger partial charge in [-0.25, -0.2) is 9.59 Å². The number of carboxylic acids is 2. The number of nitrogens with one attached hydrogen (secondary N) is 1. The van der Waals surface area contributed by atoms with Crippen LogP contribution in [0.4, 0.5) is 5.69 Å². The summed E-state index contributed by atoms with van der Waals surface area (Å²) in [4.78, 5) is 22.4. The molecule has 0 aliphatic carbocycles. The summed E-state index contributed by atoms with van der Waals surface area (Å²) in [6.07, 6.45) is 5.01. The quantitative estimate of drug-likeness (QED) is 0.549. The van der Waals surface area contributed by atoms with Crippen LogP contribution in [0.1, 0.15) is 27.6 Å². The van der Waals surface area contributed by atoms with Gasteiger partial charge in [0.25, 0.3) is 0 Å². The number of anilines is 1. The van der Waals surface area contributed by atoms with Crippen LogP contribution < -0.4 is 5.32 Å². The van der Waals surface area contributed by atoms with E-state index in [2.05, 4.69) is 11.9 Å². The number of allylic oxidation sites excluding steroid dienone is 2. The number of carbonyl (C=O) groups is 2. The lowest BCUT2D eigenvalue weighted by atomic mass is 10.1. The fourth-order valence-electron chi connectivity index (χ4n) is 1.84. The van der Waals surface area contributed by atoms with Crippen molar-refractivity contribution in [1.29, 1.82) is 0 Å². The third-order valence-corrected chi connectivity index (χ3v) is 3.09. The van der Waals surface area contributed by atoms with Gasteiger partial charge in [-0.2, -0.15) is 0 Å². The standard InChI is InChI=1S/C17H19NO5/c1-3-12(10-19)8-7-11(2)9-18-14-6-4-5-13(16(20)21)15(14)17(22)23/h3-8,18-19H,1,9-10H2,2H3,(H,20,21)(H,22,23)/b11-7+,12-8+. The second-order valence-electron chi connectivity index (χ2n) is 4.81. The number of aliphatic hydroxyl groups excluding tert-OH is 1. The van der Waals surface area contributed by atoms with Gasteiger partial charge < -0.3 is 20.6 Å². The van der Waals surface area contributed by atoms with Gasteiger partial charge in [-0.3, -0.25) is 0 Å². The van der Waals surface area contributed by atoms with Gasteiger partial charge in [0.2, 0.25) is 0 Å². The number of hydrogen-bond acceptors (Lipinski definition) is 4. The molecule has 0 saturated carbocycles. The van der Waals surface area contributed by atoms with Crippen LogP contribution in [-0.2, 0) is 0 Å². The molecule has 0 aliphatic rings. The first-order chi connectivity index (χ1) is 10.9. The van der Waals surface area contributed by atoms with Crippen molar-refractivity contribution >= 4 is 17.6 Å². The topological polar surface area (TPSA) is 107 Å². The molecule has 0 atom stereocenters. The van der Waals surface area contributed by atoms with E-state index >= 15 is 0 Å². The van der Waals surface area contributed by atoms with E-state index in [1.54, 1.807) is 12.2 Å². The fourth-order valence-corrected chi connectivity index (χ4v) is 1.84. The number of carboxylic acid groups (broad SMARTS) is 2. The lowest BCUT2D eigenvalue weighted by Crippen LogP contribution is -2.13. The first-order valence-electron chi connectivity index (χ1n) is 6.83. The Hall–Kier alpha value is -2.86. The maximum atomic E-state index is 11.3. The predicted octanol–water partition coefficient (Wildman–Crippen LogP) is 2.55. The summed E-state index contributed by atoms with van der Waals surface area (Å²) in [5, 5.41) is 30.2. The molecule has 6 nitrogen and oxygen atoms in total. The summed E-state index contributed by atoms with van der Waals surface area (Å²) in [5.74, 6) is -2.60. The Bertz CT molecular complexity index is 674. The van der Waals surface area contributed by atoms with Crippen molar-refractivity contribution in [2.75, 3.05) is 18.5 Å². The Morgan fingerprint density at radius 2 is 1.91 bits per heavy atom. The van der Waals surface area contributed by atoms with E-state index in [1.165, 1.54) is 24.3 Å². The van der Waals surface area contributed by atoms with Crippen molar-refractivity contribution in [3.8, 4) is 0 Å². The first kappa shape index (κ1) is 18.2. The molecule has 0 radical (unpaired) electrons. The summed E-state index contributed by atoms with van der Waals surface area (Å²) < 4.78 is 0. The van der Waals surface area contributed by atoms with Gasteiger partial charge in [-0.1, -0.05) is 36.4 Å². The lowest BCUT2D eigenvalue weighted by molar-refractivity contribution is 0.0652. The molecule has 0 unspecified atom stereocenters. The second kappa shape index (κ2) is 8.55. The highest BCUT2D eigenvalue weighted by Crippen LogP contribution is 2.20. The minimum atomic E-state index is -1.30. The van der Waals surface area contributed by atoms with Gasteiger partial charge in [0.15, 0.2) is 0 Å². The van der Waals surface area contributed by atoms with Crippen molar-refractivity contribution in [2.24, 2.45) is 0 Å². The van der Waals surface area contributed by atoms with Crippen LogP contribution in [0.15, 0.2) is 54.2 Å². The third-order valence-electron chi connectivity index (χ3n) is 3.09. The van der Waals surface area contributed by atoms with E-state index in [-0.39, 0.29) is 23.4 Å². The molecule has 4 N–H and O–H groups in total. The highest BCUT2D eigenvalue weighted by molar-refractivity contribution is 6.05. The largest absolute Gasteiger partial charge is 0.478 e. The molecular weight excluding hydrogens is 298 g/mol. The van der Waals surface area contributed by atoms with E-state index in [0.717, 1.165) is 5.57 Å². The minimum absolute atomic E-state index is 0.121. The monoisotopic (exact) mass is 317 g/mol. The minimum Gasteiger partial charge on any atom is -0.478 e. The van der Waals surface area contributed by atoms with Gasteiger partial charge >= 0.3 is 11.9 Å². The fraction of sp³-hybridized carbons (Fsp3) is 0.176. The van der Waals surface area contributed by atoms with Crippen molar-refractivity contribution in [3.63, 3.8) is 0 Å². The van der Waals surface area contributed by atoms with Crippen LogP contribution in [0.5, 0.6) is 0 Å². The molecule has 0 amide bonds. The smallest absolute Gasteiger partial charge is 0.338 e. The van der Waals surface area contributed by atoms with E-state index < -0.39 is 11.9 Å². The van der Waals surface area contributed by atoms with Crippen LogP contribution >= 0.6 is 0 Å². The molecule has 0 aliphatic heterocycles. The van der Waals surface area contributed by atoms with Crippen LogP contribution in [0.3, 0.4) is 0 Å². The summed E-state index contributed by atoms with van der Waals surface area (Å²) in [5.41, 5.74) is 1.22. The predicted molar refractivity (Wildman–Crippen MR) is 88.0 cm³/mol. The van der Waals surface area contributed by atoms with Crippen LogP contribution in [-0.4, -0.2) is 40.4 Å². The van der Waals surface area contributed by atoms with E-state index in [9.17, 15) is 14.7 Å². The summed E-state index contributed by atoms with van der Waals surface area (Å²) >= 11 is 0. The van der Waals surface area contributed by atoms with Gasteiger partial charge in [-0.15, -0.1) is 0 Å². The maximum absolute atomic E-state index is 11.3. The van der Waals surface area contributed by atoms with E-state index in [4.69, 9.17) is 10.2 Å². The molecule has 0 spiro atoms. The Morgan fingerprint density at radius 3 is 2.43 bits per heavy atom. The van der Waals surface area contributed by atoms with Crippen LogP contribution in [0.2, 0.25) is 0 Å². The highest BCUT2D eigenvalue weighted by Gasteiger charge is 2.19. The molecule has 0 heterocycles. The zero-order chi connectivity index (χ0) is 17.4. The Kier molecular flexibility index (Phi) is 6.76. The molecule has 1 aromatic carbocycles. The number of aromatic carboxylic acids is 2. The summed E-state index contributed by atoms with van der Waals surface area (Å²) in [6.45, 7) is 5.60. The van der Waals surface area contributed by atoms with Crippen molar-refractivity contribution in [3.05, 3.63) is 65.3 Å². The number of aliphatic hydroxyl groups is 1. The molecule has 6 heteroatoms. The summed E-state index contributed by atoms with van der Waals surface area (Å²) in [7, 11) is 0.